The molecule has 0 saturated carbocycles. The molecule has 0 aliphatic carbocycles. The number of aromatic nitrogens is 3. The minimum atomic E-state index is -0.111. The van der Waals surface area contributed by atoms with Gasteiger partial charge in [0.1, 0.15) is 5.69 Å². The van der Waals surface area contributed by atoms with E-state index in [0.29, 0.717) is 22.7 Å². The van der Waals surface area contributed by atoms with Crippen LogP contribution in [0.15, 0.2) is 65.4 Å². The van der Waals surface area contributed by atoms with E-state index in [0.717, 1.165) is 44.5 Å². The Labute approximate surface area is 211 Å². The van der Waals surface area contributed by atoms with E-state index in [2.05, 4.69) is 71.3 Å². The van der Waals surface area contributed by atoms with Crippen molar-refractivity contribution in [3.8, 4) is 11.5 Å². The number of rotatable bonds is 8. The van der Waals surface area contributed by atoms with Gasteiger partial charge in [-0.05, 0) is 57.5 Å². The summed E-state index contributed by atoms with van der Waals surface area (Å²) in [6.07, 6.45) is 4.24. The van der Waals surface area contributed by atoms with Gasteiger partial charge in [0, 0.05) is 50.5 Å². The van der Waals surface area contributed by atoms with E-state index in [1.54, 1.807) is 18.5 Å². The predicted octanol–water partition coefficient (Wildman–Crippen LogP) is 4.60. The molecule has 1 N–H and O–H groups in total. The molecule has 0 bridgehead atoms. The second-order valence-corrected chi connectivity index (χ2v) is 9.78. The van der Waals surface area contributed by atoms with Crippen LogP contribution in [0.2, 0.25) is 0 Å². The molecule has 3 aromatic heterocycles. The Kier molecular flexibility index (Phi) is 7.04. The zero-order valence-electron chi connectivity index (χ0n) is 21.2. The average Bonchev–Trinajstić information content (AvgIpc) is 3.58. The molecule has 0 radical (unpaired) electrons. The van der Waals surface area contributed by atoms with Gasteiger partial charge in [-0.25, -0.2) is 9.67 Å². The van der Waals surface area contributed by atoms with Crippen LogP contribution in [0.3, 0.4) is 0 Å². The number of pyridine rings is 1. The molecule has 1 aromatic carbocycles. The van der Waals surface area contributed by atoms with Gasteiger partial charge in [0.2, 0.25) is 0 Å². The second kappa shape index (κ2) is 10.5. The zero-order valence-corrected chi connectivity index (χ0v) is 21.2. The SMILES string of the molecule is CC(C)n1ncc2c(C(=O)N[C@@H](C)CCN3CCN(c4ccccc4)CC3)cc(-c3ccco3)nc21. The summed E-state index contributed by atoms with van der Waals surface area (Å²) in [7, 11) is 0. The smallest absolute Gasteiger partial charge is 0.252 e. The molecule has 0 unspecified atom stereocenters. The minimum Gasteiger partial charge on any atom is -0.463 e. The number of piperazine rings is 1. The van der Waals surface area contributed by atoms with Crippen molar-refractivity contribution in [2.24, 2.45) is 0 Å². The van der Waals surface area contributed by atoms with E-state index in [-0.39, 0.29) is 18.0 Å². The van der Waals surface area contributed by atoms with Crippen LogP contribution in [0.5, 0.6) is 0 Å². The van der Waals surface area contributed by atoms with Gasteiger partial charge in [0.05, 0.1) is 23.4 Å². The third-order valence-corrected chi connectivity index (χ3v) is 6.82. The van der Waals surface area contributed by atoms with Crippen molar-refractivity contribution in [3.05, 3.63) is 66.6 Å². The standard InChI is InChI=1S/C28H34N6O2/c1-20(2)34-27-24(19-29-34)23(18-25(31-27)26-10-7-17-36-26)28(35)30-21(3)11-12-32-13-15-33(16-14-32)22-8-5-4-6-9-22/h4-10,17-21H,11-16H2,1-3H3,(H,30,35)/t21-/m0/s1. The van der Waals surface area contributed by atoms with E-state index < -0.39 is 0 Å². The first-order valence-corrected chi connectivity index (χ1v) is 12.7. The Morgan fingerprint density at radius 2 is 1.83 bits per heavy atom. The maximum absolute atomic E-state index is 13.4. The fourth-order valence-corrected chi connectivity index (χ4v) is 4.75. The Morgan fingerprint density at radius 1 is 1.06 bits per heavy atom. The lowest BCUT2D eigenvalue weighted by molar-refractivity contribution is 0.0937. The molecule has 1 aliphatic rings. The highest BCUT2D eigenvalue weighted by molar-refractivity contribution is 6.06. The fourth-order valence-electron chi connectivity index (χ4n) is 4.75. The number of amides is 1. The number of fused-ring (bicyclic) bond motifs is 1. The molecule has 4 aromatic rings. The van der Waals surface area contributed by atoms with Crippen molar-refractivity contribution in [3.63, 3.8) is 0 Å². The summed E-state index contributed by atoms with van der Waals surface area (Å²) in [5.41, 5.74) is 3.18. The molecule has 1 aliphatic heterocycles. The van der Waals surface area contributed by atoms with Crippen LogP contribution >= 0.6 is 0 Å². The van der Waals surface area contributed by atoms with E-state index >= 15 is 0 Å². The van der Waals surface area contributed by atoms with Crippen LogP contribution in [-0.2, 0) is 0 Å². The van der Waals surface area contributed by atoms with Crippen molar-refractivity contribution in [2.45, 2.75) is 39.3 Å². The Bertz CT molecular complexity index is 1290. The number of hydrogen-bond donors (Lipinski definition) is 1. The monoisotopic (exact) mass is 486 g/mol. The maximum Gasteiger partial charge on any atom is 0.252 e. The summed E-state index contributed by atoms with van der Waals surface area (Å²) < 4.78 is 7.41. The summed E-state index contributed by atoms with van der Waals surface area (Å²) in [5.74, 6) is 0.519. The Hall–Kier alpha value is -3.65. The van der Waals surface area contributed by atoms with Gasteiger partial charge in [-0.1, -0.05) is 18.2 Å². The zero-order chi connectivity index (χ0) is 25.1. The molecule has 1 fully saturated rings. The van der Waals surface area contributed by atoms with Crippen LogP contribution in [0.1, 0.15) is 43.6 Å². The number of carbonyl (C=O) groups is 1. The Balaban J connectivity index is 1.23. The van der Waals surface area contributed by atoms with Gasteiger partial charge in [-0.3, -0.25) is 9.69 Å². The van der Waals surface area contributed by atoms with Crippen molar-refractivity contribution >= 4 is 22.6 Å². The highest BCUT2D eigenvalue weighted by Gasteiger charge is 2.22. The Morgan fingerprint density at radius 3 is 2.53 bits per heavy atom. The third-order valence-electron chi connectivity index (χ3n) is 6.82. The van der Waals surface area contributed by atoms with Crippen molar-refractivity contribution < 1.29 is 9.21 Å². The molecule has 4 heterocycles. The van der Waals surface area contributed by atoms with Crippen LogP contribution < -0.4 is 10.2 Å². The van der Waals surface area contributed by atoms with Gasteiger partial charge in [-0.15, -0.1) is 0 Å². The van der Waals surface area contributed by atoms with Crippen molar-refractivity contribution in [2.75, 3.05) is 37.6 Å². The topological polar surface area (TPSA) is 79.4 Å². The van der Waals surface area contributed by atoms with Gasteiger partial charge < -0.3 is 14.6 Å². The average molecular weight is 487 g/mol. The third kappa shape index (κ3) is 5.14. The minimum absolute atomic E-state index is 0.0417. The highest BCUT2D eigenvalue weighted by Crippen LogP contribution is 2.27. The number of benzene rings is 1. The van der Waals surface area contributed by atoms with Crippen LogP contribution in [0.25, 0.3) is 22.5 Å². The lowest BCUT2D eigenvalue weighted by Crippen LogP contribution is -2.47. The first kappa shape index (κ1) is 24.1. The van der Waals surface area contributed by atoms with Crippen molar-refractivity contribution in [1.82, 2.24) is 25.0 Å². The number of para-hydroxylation sites is 1. The first-order chi connectivity index (χ1) is 17.5. The summed E-state index contributed by atoms with van der Waals surface area (Å²) in [4.78, 5) is 23.1. The lowest BCUT2D eigenvalue weighted by atomic mass is 10.1. The molecule has 1 amide bonds. The van der Waals surface area contributed by atoms with Crippen LogP contribution in [0, 0.1) is 0 Å². The van der Waals surface area contributed by atoms with E-state index in [1.165, 1.54) is 5.69 Å². The molecule has 188 valence electrons. The van der Waals surface area contributed by atoms with Crippen LogP contribution in [-0.4, -0.2) is 64.3 Å². The molecule has 1 atom stereocenters. The second-order valence-electron chi connectivity index (χ2n) is 9.78. The summed E-state index contributed by atoms with van der Waals surface area (Å²) in [5, 5.41) is 8.45. The van der Waals surface area contributed by atoms with Gasteiger partial charge in [0.25, 0.3) is 5.91 Å². The van der Waals surface area contributed by atoms with Gasteiger partial charge >= 0.3 is 0 Å². The van der Waals surface area contributed by atoms with E-state index in [1.807, 2.05) is 16.8 Å². The number of hydrogen-bond acceptors (Lipinski definition) is 6. The maximum atomic E-state index is 13.4. The largest absolute Gasteiger partial charge is 0.463 e. The number of furan rings is 1. The molecule has 0 spiro atoms. The summed E-state index contributed by atoms with van der Waals surface area (Å²) >= 11 is 0. The first-order valence-electron chi connectivity index (χ1n) is 12.7. The predicted molar refractivity (Wildman–Crippen MR) is 142 cm³/mol. The molecule has 36 heavy (non-hydrogen) atoms. The molecular weight excluding hydrogens is 452 g/mol. The molecular formula is C28H34N6O2. The highest BCUT2D eigenvalue weighted by atomic mass is 16.3. The molecule has 5 rings (SSSR count). The summed E-state index contributed by atoms with van der Waals surface area (Å²) in [6, 6.07) is 16.2. The molecule has 1 saturated heterocycles. The normalized spacial score (nSPS) is 15.5. The number of carbonyl (C=O) groups excluding carboxylic acids is 1. The van der Waals surface area contributed by atoms with Crippen molar-refractivity contribution in [1.29, 1.82) is 0 Å². The number of nitrogens with zero attached hydrogens (tertiary/aromatic N) is 5. The van der Waals surface area contributed by atoms with E-state index in [9.17, 15) is 4.79 Å². The molecule has 8 heteroatoms. The quantitative estimate of drug-likeness (QED) is 0.392. The fraction of sp³-hybridized carbons (Fsp3) is 0.393. The lowest BCUT2D eigenvalue weighted by Gasteiger charge is -2.36. The number of anilines is 1. The molecule has 8 nitrogen and oxygen atoms in total. The van der Waals surface area contributed by atoms with Gasteiger partial charge in [-0.2, -0.15) is 5.10 Å². The van der Waals surface area contributed by atoms with E-state index in [4.69, 9.17) is 9.40 Å². The van der Waals surface area contributed by atoms with Crippen LogP contribution in [0.4, 0.5) is 5.69 Å². The van der Waals surface area contributed by atoms with Gasteiger partial charge in [0.15, 0.2) is 11.4 Å². The number of nitrogens with one attached hydrogen (secondary N) is 1. The summed E-state index contributed by atoms with van der Waals surface area (Å²) in [6.45, 7) is 11.2.